The smallest absolute Gasteiger partial charge is 0.221 e. The lowest BCUT2D eigenvalue weighted by Crippen LogP contribution is -2.52. The van der Waals surface area contributed by atoms with Crippen LogP contribution in [-0.2, 0) is 4.79 Å². The van der Waals surface area contributed by atoms with Gasteiger partial charge in [-0.15, -0.1) is 0 Å². The van der Waals surface area contributed by atoms with E-state index in [0.717, 1.165) is 19.5 Å². The normalized spacial score (nSPS) is 14.9. The van der Waals surface area contributed by atoms with Gasteiger partial charge in [-0.3, -0.25) is 9.69 Å². The number of hydrogen-bond acceptors (Lipinski definition) is 3. The predicted octanol–water partition coefficient (Wildman–Crippen LogP) is 0.962. The number of nitrogens with one attached hydrogen (secondary N) is 1. The summed E-state index contributed by atoms with van der Waals surface area (Å²) in [6.07, 6.45) is 1.56. The molecule has 96 valence electrons. The fourth-order valence-electron chi connectivity index (χ4n) is 1.83. The van der Waals surface area contributed by atoms with Crippen LogP contribution in [0.3, 0.4) is 0 Å². The third kappa shape index (κ3) is 4.49. The van der Waals surface area contributed by atoms with E-state index in [9.17, 15) is 4.79 Å². The van der Waals surface area contributed by atoms with Crippen LogP contribution in [-0.4, -0.2) is 42.5 Å². The Bertz CT molecular complexity index is 202. The molecule has 0 fully saturated rings. The van der Waals surface area contributed by atoms with Crippen LogP contribution in [0.25, 0.3) is 0 Å². The lowest BCUT2D eigenvalue weighted by Gasteiger charge is -2.39. The van der Waals surface area contributed by atoms with Crippen molar-refractivity contribution in [3.8, 4) is 0 Å². The van der Waals surface area contributed by atoms with Crippen molar-refractivity contribution in [1.82, 2.24) is 10.2 Å². The first-order chi connectivity index (χ1) is 7.53. The molecule has 0 rings (SSSR count). The Kier molecular flexibility index (Phi) is 7.34. The number of nitrogens with two attached hydrogens (primary N) is 1. The number of carbonyl (C=O) groups excluding carboxylic acids is 1. The Morgan fingerprint density at radius 1 is 1.38 bits per heavy atom. The zero-order valence-electron chi connectivity index (χ0n) is 11.2. The van der Waals surface area contributed by atoms with Crippen LogP contribution in [0.5, 0.6) is 0 Å². The van der Waals surface area contributed by atoms with Crippen molar-refractivity contribution in [2.45, 2.75) is 46.1 Å². The molecule has 0 heterocycles. The lowest BCUT2D eigenvalue weighted by molar-refractivity contribution is -0.121. The van der Waals surface area contributed by atoms with Gasteiger partial charge < -0.3 is 11.1 Å². The molecule has 0 aliphatic heterocycles. The Morgan fingerprint density at radius 3 is 2.38 bits per heavy atom. The Hall–Kier alpha value is -0.610. The van der Waals surface area contributed by atoms with Gasteiger partial charge in [-0.1, -0.05) is 13.8 Å². The molecule has 1 unspecified atom stereocenters. The first-order valence-corrected chi connectivity index (χ1v) is 6.25. The molecule has 0 spiro atoms. The minimum atomic E-state index is 0.0151. The first-order valence-electron chi connectivity index (χ1n) is 6.25. The Morgan fingerprint density at radius 2 is 2.00 bits per heavy atom. The summed E-state index contributed by atoms with van der Waals surface area (Å²) in [4.78, 5) is 13.7. The van der Waals surface area contributed by atoms with Crippen LogP contribution >= 0.6 is 0 Å². The first kappa shape index (κ1) is 15.4. The summed E-state index contributed by atoms with van der Waals surface area (Å²) in [6, 6.07) is 0. The van der Waals surface area contributed by atoms with E-state index < -0.39 is 0 Å². The molecule has 16 heavy (non-hydrogen) atoms. The molecule has 4 heteroatoms. The number of nitrogens with zero attached hydrogens (tertiary/aromatic N) is 1. The second kappa shape index (κ2) is 7.63. The summed E-state index contributed by atoms with van der Waals surface area (Å²) in [5.74, 6) is 0.122. The minimum absolute atomic E-state index is 0.0151. The second-order valence-corrected chi connectivity index (χ2v) is 4.34. The van der Waals surface area contributed by atoms with E-state index in [1.165, 1.54) is 0 Å². The van der Waals surface area contributed by atoms with Crippen molar-refractivity contribution < 1.29 is 4.79 Å². The summed E-state index contributed by atoms with van der Waals surface area (Å²) in [5.41, 5.74) is 5.83. The van der Waals surface area contributed by atoms with Gasteiger partial charge in [-0.25, -0.2) is 0 Å². The van der Waals surface area contributed by atoms with Crippen LogP contribution < -0.4 is 11.1 Å². The van der Waals surface area contributed by atoms with Crippen LogP contribution in [0, 0.1) is 0 Å². The third-order valence-electron chi connectivity index (χ3n) is 3.33. The van der Waals surface area contributed by atoms with E-state index in [1.807, 2.05) is 6.92 Å². The molecule has 0 saturated carbocycles. The average Bonchev–Trinajstić information content (AvgIpc) is 2.29. The van der Waals surface area contributed by atoms with Gasteiger partial charge in [-0.2, -0.15) is 0 Å². The van der Waals surface area contributed by atoms with Crippen LogP contribution in [0.15, 0.2) is 0 Å². The highest BCUT2D eigenvalue weighted by Gasteiger charge is 2.27. The van der Waals surface area contributed by atoms with Crippen LogP contribution in [0.2, 0.25) is 0 Å². The highest BCUT2D eigenvalue weighted by Crippen LogP contribution is 2.17. The third-order valence-corrected chi connectivity index (χ3v) is 3.33. The topological polar surface area (TPSA) is 58.4 Å². The Labute approximate surface area is 99.6 Å². The molecule has 0 radical (unpaired) electrons. The monoisotopic (exact) mass is 229 g/mol. The molecule has 4 nitrogen and oxygen atoms in total. The SMILES string of the molecule is CCNC(=O)CCN(CC)C(C)(CC)CN. The zero-order chi connectivity index (χ0) is 12.6. The number of carbonyl (C=O) groups is 1. The fraction of sp³-hybridized carbons (Fsp3) is 0.917. The van der Waals surface area contributed by atoms with Crippen LogP contribution in [0.1, 0.15) is 40.5 Å². The van der Waals surface area contributed by atoms with E-state index in [0.29, 0.717) is 19.5 Å². The van der Waals surface area contributed by atoms with Crippen molar-refractivity contribution in [3.05, 3.63) is 0 Å². The summed E-state index contributed by atoms with van der Waals surface area (Å²) >= 11 is 0. The van der Waals surface area contributed by atoms with Gasteiger partial charge >= 0.3 is 0 Å². The maximum absolute atomic E-state index is 11.4. The molecule has 1 atom stereocenters. The van der Waals surface area contributed by atoms with Gasteiger partial charge in [0.05, 0.1) is 0 Å². The van der Waals surface area contributed by atoms with Crippen LogP contribution in [0.4, 0.5) is 0 Å². The van der Waals surface area contributed by atoms with E-state index in [1.54, 1.807) is 0 Å². The van der Waals surface area contributed by atoms with Gasteiger partial charge in [0, 0.05) is 31.6 Å². The van der Waals surface area contributed by atoms with Crippen molar-refractivity contribution in [3.63, 3.8) is 0 Å². The van der Waals surface area contributed by atoms with Gasteiger partial charge in [0.1, 0.15) is 0 Å². The minimum Gasteiger partial charge on any atom is -0.356 e. The van der Waals surface area contributed by atoms with Crippen molar-refractivity contribution in [2.24, 2.45) is 5.73 Å². The summed E-state index contributed by atoms with van der Waals surface area (Å²) < 4.78 is 0. The number of amides is 1. The predicted molar refractivity (Wildman–Crippen MR) is 68.3 cm³/mol. The molecule has 0 aromatic rings. The molecule has 0 bridgehead atoms. The van der Waals surface area contributed by atoms with Crippen molar-refractivity contribution in [2.75, 3.05) is 26.2 Å². The molecule has 0 aromatic carbocycles. The molecular formula is C12H27N3O. The average molecular weight is 229 g/mol. The fourth-order valence-corrected chi connectivity index (χ4v) is 1.83. The quantitative estimate of drug-likeness (QED) is 0.652. The van der Waals surface area contributed by atoms with Gasteiger partial charge in [0.2, 0.25) is 5.91 Å². The lowest BCUT2D eigenvalue weighted by atomic mass is 9.96. The van der Waals surface area contributed by atoms with Crippen molar-refractivity contribution in [1.29, 1.82) is 0 Å². The molecule has 0 aliphatic carbocycles. The highest BCUT2D eigenvalue weighted by molar-refractivity contribution is 5.75. The second-order valence-electron chi connectivity index (χ2n) is 4.34. The van der Waals surface area contributed by atoms with E-state index in [-0.39, 0.29) is 11.4 Å². The number of likely N-dealkylation sites (N-methyl/N-ethyl adjacent to an activating group) is 1. The van der Waals surface area contributed by atoms with Gasteiger partial charge in [0.25, 0.3) is 0 Å². The Balaban J connectivity index is 4.24. The molecule has 0 aliphatic rings. The largest absolute Gasteiger partial charge is 0.356 e. The number of hydrogen-bond donors (Lipinski definition) is 2. The maximum atomic E-state index is 11.4. The van der Waals surface area contributed by atoms with Gasteiger partial charge in [-0.05, 0) is 26.8 Å². The zero-order valence-corrected chi connectivity index (χ0v) is 11.2. The summed E-state index contributed by atoms with van der Waals surface area (Å²) in [6.45, 7) is 11.4. The molecular weight excluding hydrogens is 202 g/mol. The highest BCUT2D eigenvalue weighted by atomic mass is 16.1. The molecule has 0 aromatic heterocycles. The van der Waals surface area contributed by atoms with E-state index in [2.05, 4.69) is 31.0 Å². The summed E-state index contributed by atoms with van der Waals surface area (Å²) in [5, 5.41) is 2.82. The van der Waals surface area contributed by atoms with E-state index in [4.69, 9.17) is 5.73 Å². The molecule has 0 saturated heterocycles. The maximum Gasteiger partial charge on any atom is 0.221 e. The van der Waals surface area contributed by atoms with E-state index >= 15 is 0 Å². The van der Waals surface area contributed by atoms with Crippen molar-refractivity contribution >= 4 is 5.91 Å². The standard InChI is InChI=1S/C12H27N3O/c1-5-12(4,10-13)15(7-3)9-8-11(16)14-6-2/h5-10,13H2,1-4H3,(H,14,16). The molecule has 3 N–H and O–H groups in total. The molecule has 1 amide bonds. The summed E-state index contributed by atoms with van der Waals surface area (Å²) in [7, 11) is 0. The van der Waals surface area contributed by atoms with Gasteiger partial charge in [0.15, 0.2) is 0 Å². The number of rotatable bonds is 8.